The Morgan fingerprint density at radius 1 is 1.00 bits per heavy atom. The van der Waals surface area contributed by atoms with Crippen molar-refractivity contribution in [3.8, 4) is 11.5 Å². The monoisotopic (exact) mass is 568 g/mol. The third kappa shape index (κ3) is 8.00. The molecule has 41 heavy (non-hydrogen) atoms. The number of hydrogen-bond donors (Lipinski definition) is 1. The Hall–Kier alpha value is -4.54. The van der Waals surface area contributed by atoms with Gasteiger partial charge in [0.15, 0.2) is 5.78 Å². The Morgan fingerprint density at radius 3 is 2.29 bits per heavy atom. The van der Waals surface area contributed by atoms with Crippen LogP contribution in [0.5, 0.6) is 11.5 Å². The molecule has 10 nitrogen and oxygen atoms in total. The number of methoxy groups -OCH3 is 2. The van der Waals surface area contributed by atoms with E-state index in [4.69, 9.17) is 14.2 Å². The van der Waals surface area contributed by atoms with E-state index in [0.717, 1.165) is 23.1 Å². The van der Waals surface area contributed by atoms with Crippen molar-refractivity contribution in [3.63, 3.8) is 0 Å². The number of amides is 3. The molecule has 2 aromatic carbocycles. The molecular weight excluding hydrogens is 535 g/mol. The van der Waals surface area contributed by atoms with E-state index in [0.29, 0.717) is 17.1 Å². The zero-order valence-corrected chi connectivity index (χ0v) is 23.6. The fourth-order valence-corrected chi connectivity index (χ4v) is 4.19. The van der Waals surface area contributed by atoms with Crippen molar-refractivity contribution in [3.05, 3.63) is 71.1 Å². The van der Waals surface area contributed by atoms with Crippen LogP contribution < -0.4 is 14.8 Å². The first-order valence-corrected chi connectivity index (χ1v) is 12.9. The van der Waals surface area contributed by atoms with E-state index in [2.05, 4.69) is 5.32 Å². The summed E-state index contributed by atoms with van der Waals surface area (Å²) in [6, 6.07) is 9.45. The summed E-state index contributed by atoms with van der Waals surface area (Å²) in [4.78, 5) is 66.1. The van der Waals surface area contributed by atoms with Gasteiger partial charge in [0.2, 0.25) is 0 Å². The molecule has 0 aliphatic carbocycles. The number of rotatable bonds is 12. The van der Waals surface area contributed by atoms with Gasteiger partial charge < -0.3 is 19.5 Å². The smallest absolute Gasteiger partial charge is 0.407 e. The topological polar surface area (TPSA) is 128 Å². The van der Waals surface area contributed by atoms with Gasteiger partial charge in [-0.05, 0) is 63.6 Å². The zero-order valence-electron chi connectivity index (χ0n) is 23.6. The molecule has 0 bridgehead atoms. The molecule has 1 aliphatic rings. The maximum Gasteiger partial charge on any atom is 0.407 e. The molecule has 0 aromatic heterocycles. The fraction of sp³-hybridized carbons (Fsp3) is 0.367. The standard InChI is InChI=1S/C30H33FN2O8/c1-30(2,3)41-29(38)32-14-6-7-23(34)26(27(36)18-8-11-20(31)12-9-18)22-16-25(35)33(28(22)37)17-19-10-13-21(39-4)15-24(19)40-5/h8-13,15-16,26H,6-7,14,17H2,1-5H3,(H,32,38). The Morgan fingerprint density at radius 2 is 1.68 bits per heavy atom. The summed E-state index contributed by atoms with van der Waals surface area (Å²) in [6.07, 6.45) is 0.292. The fourth-order valence-electron chi connectivity index (χ4n) is 4.19. The van der Waals surface area contributed by atoms with Crippen molar-refractivity contribution < 1.29 is 42.6 Å². The lowest BCUT2D eigenvalue weighted by molar-refractivity contribution is -0.138. The van der Waals surface area contributed by atoms with Gasteiger partial charge in [-0.2, -0.15) is 0 Å². The van der Waals surface area contributed by atoms with Gasteiger partial charge in [-0.15, -0.1) is 0 Å². The average Bonchev–Trinajstić information content (AvgIpc) is 3.18. The van der Waals surface area contributed by atoms with Gasteiger partial charge in [0.25, 0.3) is 11.8 Å². The third-order valence-electron chi connectivity index (χ3n) is 6.15. The van der Waals surface area contributed by atoms with E-state index in [1.165, 1.54) is 26.4 Å². The molecule has 1 heterocycles. The average molecular weight is 569 g/mol. The molecule has 3 amide bonds. The van der Waals surface area contributed by atoms with E-state index >= 15 is 0 Å². The summed E-state index contributed by atoms with van der Waals surface area (Å²) < 4.78 is 29.2. The van der Waals surface area contributed by atoms with Crippen LogP contribution in [0, 0.1) is 11.7 Å². The summed E-state index contributed by atoms with van der Waals surface area (Å²) in [5.41, 5.74) is -0.462. The molecule has 0 fully saturated rings. The van der Waals surface area contributed by atoms with Crippen LogP contribution in [-0.2, 0) is 25.7 Å². The molecule has 218 valence electrons. The van der Waals surface area contributed by atoms with E-state index in [-0.39, 0.29) is 37.1 Å². The number of halogens is 1. The maximum absolute atomic E-state index is 13.5. The van der Waals surface area contributed by atoms with Crippen LogP contribution in [0.25, 0.3) is 0 Å². The lowest BCUT2D eigenvalue weighted by atomic mass is 9.85. The van der Waals surface area contributed by atoms with Gasteiger partial charge in [-0.1, -0.05) is 0 Å². The molecule has 0 radical (unpaired) electrons. The van der Waals surface area contributed by atoms with Crippen LogP contribution in [0.15, 0.2) is 54.1 Å². The predicted octanol–water partition coefficient (Wildman–Crippen LogP) is 4.01. The number of nitrogens with one attached hydrogen (secondary N) is 1. The van der Waals surface area contributed by atoms with E-state index < -0.39 is 46.8 Å². The maximum atomic E-state index is 13.5. The quantitative estimate of drug-likeness (QED) is 0.176. The summed E-state index contributed by atoms with van der Waals surface area (Å²) >= 11 is 0. The van der Waals surface area contributed by atoms with Crippen LogP contribution in [-0.4, -0.2) is 60.7 Å². The van der Waals surface area contributed by atoms with Gasteiger partial charge in [0.1, 0.15) is 34.6 Å². The molecule has 1 N–H and O–H groups in total. The third-order valence-corrected chi connectivity index (χ3v) is 6.15. The van der Waals surface area contributed by atoms with Crippen LogP contribution in [0.3, 0.4) is 0 Å². The minimum atomic E-state index is -1.60. The Bertz CT molecular complexity index is 1360. The van der Waals surface area contributed by atoms with Crippen molar-refractivity contribution in [2.45, 2.75) is 45.8 Å². The molecule has 0 spiro atoms. The predicted molar refractivity (Wildman–Crippen MR) is 146 cm³/mol. The molecular formula is C30H33FN2O8. The van der Waals surface area contributed by atoms with Crippen molar-refractivity contribution in [1.29, 1.82) is 0 Å². The molecule has 1 unspecified atom stereocenters. The Balaban J connectivity index is 1.81. The lowest BCUT2D eigenvalue weighted by Crippen LogP contribution is -2.36. The number of hydrogen-bond acceptors (Lipinski definition) is 8. The highest BCUT2D eigenvalue weighted by Gasteiger charge is 2.42. The normalized spacial score (nSPS) is 13.9. The number of ketones is 2. The van der Waals surface area contributed by atoms with Crippen LogP contribution >= 0.6 is 0 Å². The number of carbonyl (C=O) groups is 5. The van der Waals surface area contributed by atoms with Crippen molar-refractivity contribution in [2.24, 2.45) is 5.92 Å². The second-order valence-corrected chi connectivity index (χ2v) is 10.3. The van der Waals surface area contributed by atoms with Gasteiger partial charge >= 0.3 is 6.09 Å². The molecule has 1 aliphatic heterocycles. The zero-order chi connectivity index (χ0) is 30.3. The summed E-state index contributed by atoms with van der Waals surface area (Å²) in [5, 5.41) is 2.53. The van der Waals surface area contributed by atoms with Crippen LogP contribution in [0.1, 0.15) is 49.5 Å². The Kier molecular flexibility index (Phi) is 9.99. The number of imide groups is 1. The van der Waals surface area contributed by atoms with Crippen molar-refractivity contribution in [1.82, 2.24) is 10.2 Å². The van der Waals surface area contributed by atoms with Gasteiger partial charge in [0, 0.05) is 41.8 Å². The molecule has 0 saturated carbocycles. The number of Topliss-reactive ketones (excluding diaryl/α,β-unsaturated/α-hetero) is 2. The summed E-state index contributed by atoms with van der Waals surface area (Å²) in [7, 11) is 2.92. The van der Waals surface area contributed by atoms with Crippen LogP contribution in [0.2, 0.25) is 0 Å². The number of ether oxygens (including phenoxy) is 3. The highest BCUT2D eigenvalue weighted by atomic mass is 19.1. The lowest BCUT2D eigenvalue weighted by Gasteiger charge is -2.20. The van der Waals surface area contributed by atoms with Crippen molar-refractivity contribution in [2.75, 3.05) is 20.8 Å². The molecule has 0 saturated heterocycles. The van der Waals surface area contributed by atoms with Gasteiger partial charge in [-0.3, -0.25) is 24.1 Å². The van der Waals surface area contributed by atoms with Gasteiger partial charge in [-0.25, -0.2) is 9.18 Å². The minimum absolute atomic E-state index is 0.00746. The Labute approximate surface area is 237 Å². The first-order chi connectivity index (χ1) is 19.3. The SMILES string of the molecule is COc1ccc(CN2C(=O)C=C(C(C(=O)CCCNC(=O)OC(C)(C)C)C(=O)c3ccc(F)cc3)C2=O)c(OC)c1. The molecule has 11 heteroatoms. The summed E-state index contributed by atoms with van der Waals surface area (Å²) in [5.74, 6) is -4.14. The molecule has 3 rings (SSSR count). The number of carbonyl (C=O) groups excluding carboxylic acids is 5. The van der Waals surface area contributed by atoms with Gasteiger partial charge in [0.05, 0.1) is 20.8 Å². The number of nitrogens with zero attached hydrogens (tertiary/aromatic N) is 1. The second-order valence-electron chi connectivity index (χ2n) is 10.3. The van der Waals surface area contributed by atoms with E-state index in [9.17, 15) is 28.4 Å². The van der Waals surface area contributed by atoms with E-state index in [1.54, 1.807) is 39.0 Å². The first-order valence-electron chi connectivity index (χ1n) is 12.9. The second kappa shape index (κ2) is 13.2. The minimum Gasteiger partial charge on any atom is -0.497 e. The number of alkyl carbamates (subject to hydrolysis) is 1. The number of benzene rings is 2. The van der Waals surface area contributed by atoms with Crippen molar-refractivity contribution >= 4 is 29.5 Å². The largest absolute Gasteiger partial charge is 0.497 e. The molecule has 2 aromatic rings. The first kappa shape index (κ1) is 31.0. The highest BCUT2D eigenvalue weighted by Crippen LogP contribution is 2.31. The summed E-state index contributed by atoms with van der Waals surface area (Å²) in [6.45, 7) is 5.04. The molecule has 1 atom stereocenters. The highest BCUT2D eigenvalue weighted by molar-refractivity contribution is 6.24. The van der Waals surface area contributed by atoms with E-state index in [1.807, 2.05) is 0 Å². The van der Waals surface area contributed by atoms with Crippen LogP contribution in [0.4, 0.5) is 9.18 Å².